The first-order valence-electron chi connectivity index (χ1n) is 8.32. The quantitative estimate of drug-likeness (QED) is 0.568. The fourth-order valence-electron chi connectivity index (χ4n) is 2.79. The van der Waals surface area contributed by atoms with Crippen molar-refractivity contribution in [2.24, 2.45) is 0 Å². The second-order valence-corrected chi connectivity index (χ2v) is 5.76. The molecular formula is C22H21FO. The van der Waals surface area contributed by atoms with Crippen LogP contribution in [0.1, 0.15) is 18.1 Å². The predicted molar refractivity (Wildman–Crippen MR) is 96.9 cm³/mol. The molecule has 0 bridgehead atoms. The van der Waals surface area contributed by atoms with E-state index in [0.29, 0.717) is 6.61 Å². The average molecular weight is 320 g/mol. The molecule has 0 N–H and O–H groups in total. The number of rotatable bonds is 6. The maximum Gasteiger partial charge on any atom is 0.127 e. The zero-order valence-electron chi connectivity index (χ0n) is 13.8. The van der Waals surface area contributed by atoms with Crippen LogP contribution in [0.2, 0.25) is 0 Å². The van der Waals surface area contributed by atoms with Gasteiger partial charge in [-0.15, -0.1) is 0 Å². The Balaban J connectivity index is 1.79. The molecule has 0 heterocycles. The Morgan fingerprint density at radius 2 is 1.46 bits per heavy atom. The normalized spacial score (nSPS) is 10.6. The summed E-state index contributed by atoms with van der Waals surface area (Å²) < 4.78 is 18.8. The van der Waals surface area contributed by atoms with Crippen LogP contribution in [-0.4, -0.2) is 6.61 Å². The van der Waals surface area contributed by atoms with Crippen molar-refractivity contribution in [3.8, 4) is 16.9 Å². The third-order valence-corrected chi connectivity index (χ3v) is 4.05. The van der Waals surface area contributed by atoms with Gasteiger partial charge in [0.25, 0.3) is 0 Å². The average Bonchev–Trinajstić information content (AvgIpc) is 2.62. The predicted octanol–water partition coefficient (Wildman–Crippen LogP) is 5.68. The summed E-state index contributed by atoms with van der Waals surface area (Å²) in [4.78, 5) is 0. The van der Waals surface area contributed by atoms with E-state index in [4.69, 9.17) is 4.74 Å². The SMILES string of the molecule is CCOc1cc(CCc2ccc(F)cc2)ccc1-c1ccccc1. The van der Waals surface area contributed by atoms with Crippen molar-refractivity contribution in [3.05, 3.63) is 89.7 Å². The summed E-state index contributed by atoms with van der Waals surface area (Å²) in [6.45, 7) is 2.64. The van der Waals surface area contributed by atoms with Gasteiger partial charge in [0.15, 0.2) is 0 Å². The Labute approximate surface area is 142 Å². The molecule has 0 aliphatic rings. The van der Waals surface area contributed by atoms with E-state index in [9.17, 15) is 4.39 Å². The van der Waals surface area contributed by atoms with E-state index in [0.717, 1.165) is 35.3 Å². The summed E-state index contributed by atoms with van der Waals surface area (Å²) in [5.74, 6) is 0.727. The molecule has 0 saturated heterocycles. The highest BCUT2D eigenvalue weighted by atomic mass is 19.1. The first-order chi connectivity index (χ1) is 11.8. The van der Waals surface area contributed by atoms with Crippen LogP contribution in [0.4, 0.5) is 4.39 Å². The third kappa shape index (κ3) is 4.02. The Bertz CT molecular complexity index is 779. The van der Waals surface area contributed by atoms with Gasteiger partial charge in [-0.05, 0) is 54.7 Å². The number of benzene rings is 3. The van der Waals surface area contributed by atoms with E-state index in [2.05, 4.69) is 30.3 Å². The summed E-state index contributed by atoms with van der Waals surface area (Å²) in [6, 6.07) is 23.4. The first-order valence-corrected chi connectivity index (χ1v) is 8.32. The maximum absolute atomic E-state index is 13.0. The lowest BCUT2D eigenvalue weighted by Gasteiger charge is -2.13. The van der Waals surface area contributed by atoms with Gasteiger partial charge in [-0.1, -0.05) is 54.6 Å². The van der Waals surface area contributed by atoms with E-state index < -0.39 is 0 Å². The van der Waals surface area contributed by atoms with Crippen molar-refractivity contribution >= 4 is 0 Å². The molecule has 0 spiro atoms. The van der Waals surface area contributed by atoms with Crippen LogP contribution in [-0.2, 0) is 12.8 Å². The molecule has 0 saturated carbocycles. The zero-order chi connectivity index (χ0) is 16.8. The van der Waals surface area contributed by atoms with Crippen LogP contribution in [0.3, 0.4) is 0 Å². The minimum absolute atomic E-state index is 0.190. The fraction of sp³-hybridized carbons (Fsp3) is 0.182. The summed E-state index contributed by atoms with van der Waals surface area (Å²) in [6.07, 6.45) is 1.79. The first kappa shape index (κ1) is 16.3. The van der Waals surface area contributed by atoms with Gasteiger partial charge in [-0.2, -0.15) is 0 Å². The number of halogens is 1. The molecule has 3 aromatic carbocycles. The molecule has 24 heavy (non-hydrogen) atoms. The Morgan fingerprint density at radius 3 is 2.17 bits per heavy atom. The lowest BCUT2D eigenvalue weighted by atomic mass is 9.99. The van der Waals surface area contributed by atoms with Crippen LogP contribution in [0, 0.1) is 5.82 Å². The summed E-state index contributed by atoms with van der Waals surface area (Å²) >= 11 is 0. The zero-order valence-corrected chi connectivity index (χ0v) is 13.8. The van der Waals surface area contributed by atoms with E-state index >= 15 is 0 Å². The minimum Gasteiger partial charge on any atom is -0.493 e. The third-order valence-electron chi connectivity index (χ3n) is 4.05. The Kier molecular flexibility index (Phi) is 5.27. The smallest absolute Gasteiger partial charge is 0.127 e. The summed E-state index contributed by atoms with van der Waals surface area (Å²) in [5, 5.41) is 0. The van der Waals surface area contributed by atoms with Crippen molar-refractivity contribution in [1.29, 1.82) is 0 Å². The highest BCUT2D eigenvalue weighted by Crippen LogP contribution is 2.31. The Morgan fingerprint density at radius 1 is 0.792 bits per heavy atom. The highest BCUT2D eigenvalue weighted by Gasteiger charge is 2.07. The molecule has 122 valence electrons. The van der Waals surface area contributed by atoms with Crippen molar-refractivity contribution in [2.45, 2.75) is 19.8 Å². The number of aryl methyl sites for hydroxylation is 2. The van der Waals surface area contributed by atoms with Crippen LogP contribution in [0.5, 0.6) is 5.75 Å². The molecule has 0 aromatic heterocycles. The number of ether oxygens (including phenoxy) is 1. The summed E-state index contributed by atoms with van der Waals surface area (Å²) in [7, 11) is 0. The molecule has 0 aliphatic carbocycles. The maximum atomic E-state index is 13.0. The molecule has 2 heteroatoms. The van der Waals surface area contributed by atoms with Gasteiger partial charge in [0.05, 0.1) is 6.61 Å². The van der Waals surface area contributed by atoms with E-state index in [-0.39, 0.29) is 5.82 Å². The standard InChI is InChI=1S/C22H21FO/c1-2-24-22-16-18(9-8-17-10-13-20(23)14-11-17)12-15-21(22)19-6-4-3-5-7-19/h3-7,10-16H,2,8-9H2,1H3. The molecular weight excluding hydrogens is 299 g/mol. The van der Waals surface area contributed by atoms with Gasteiger partial charge < -0.3 is 4.74 Å². The van der Waals surface area contributed by atoms with Crippen molar-refractivity contribution in [3.63, 3.8) is 0 Å². The Hall–Kier alpha value is -2.61. The van der Waals surface area contributed by atoms with E-state index in [1.165, 1.54) is 17.7 Å². The second-order valence-electron chi connectivity index (χ2n) is 5.76. The lowest BCUT2D eigenvalue weighted by Crippen LogP contribution is -1.97. The van der Waals surface area contributed by atoms with Crippen molar-refractivity contribution < 1.29 is 9.13 Å². The van der Waals surface area contributed by atoms with Gasteiger partial charge in [0, 0.05) is 5.56 Å². The van der Waals surface area contributed by atoms with Gasteiger partial charge in [-0.25, -0.2) is 4.39 Å². The van der Waals surface area contributed by atoms with Crippen LogP contribution in [0.15, 0.2) is 72.8 Å². The largest absolute Gasteiger partial charge is 0.493 e. The molecule has 0 atom stereocenters. The van der Waals surface area contributed by atoms with Crippen molar-refractivity contribution in [2.75, 3.05) is 6.61 Å². The molecule has 3 aromatic rings. The van der Waals surface area contributed by atoms with Gasteiger partial charge >= 0.3 is 0 Å². The molecule has 0 unspecified atom stereocenters. The molecule has 0 radical (unpaired) electrons. The fourth-order valence-corrected chi connectivity index (χ4v) is 2.79. The molecule has 0 amide bonds. The molecule has 0 fully saturated rings. The summed E-state index contributed by atoms with van der Waals surface area (Å²) in [5.41, 5.74) is 4.64. The monoisotopic (exact) mass is 320 g/mol. The minimum atomic E-state index is -0.190. The molecule has 3 rings (SSSR count). The highest BCUT2D eigenvalue weighted by molar-refractivity contribution is 5.70. The second kappa shape index (κ2) is 7.78. The topological polar surface area (TPSA) is 9.23 Å². The molecule has 1 nitrogen and oxygen atoms in total. The van der Waals surface area contributed by atoms with Crippen LogP contribution in [0.25, 0.3) is 11.1 Å². The van der Waals surface area contributed by atoms with E-state index in [1.807, 2.05) is 37.3 Å². The number of hydrogen-bond donors (Lipinski definition) is 0. The van der Waals surface area contributed by atoms with E-state index in [1.54, 1.807) is 0 Å². The molecule has 0 aliphatic heterocycles. The van der Waals surface area contributed by atoms with Gasteiger partial charge in [0.1, 0.15) is 11.6 Å². The van der Waals surface area contributed by atoms with Gasteiger partial charge in [-0.3, -0.25) is 0 Å². The van der Waals surface area contributed by atoms with Crippen molar-refractivity contribution in [1.82, 2.24) is 0 Å². The van der Waals surface area contributed by atoms with Crippen LogP contribution >= 0.6 is 0 Å². The number of hydrogen-bond acceptors (Lipinski definition) is 1. The van der Waals surface area contributed by atoms with Crippen LogP contribution < -0.4 is 4.74 Å². The van der Waals surface area contributed by atoms with Gasteiger partial charge in [0.2, 0.25) is 0 Å². The lowest BCUT2D eigenvalue weighted by molar-refractivity contribution is 0.341.